The lowest BCUT2D eigenvalue weighted by Gasteiger charge is -2.12. The Morgan fingerprint density at radius 1 is 1.05 bits per heavy atom. The molecule has 12 heteroatoms. The van der Waals surface area contributed by atoms with Crippen molar-refractivity contribution in [2.45, 2.75) is 26.1 Å². The summed E-state index contributed by atoms with van der Waals surface area (Å²) in [4.78, 5) is 13.6. The van der Waals surface area contributed by atoms with E-state index in [1.165, 1.54) is 27.5 Å². The minimum Gasteiger partial charge on any atom is -0.290 e. The Morgan fingerprint density at radius 2 is 1.76 bits per heavy atom. The topological polar surface area (TPSA) is 103 Å². The summed E-state index contributed by atoms with van der Waals surface area (Å²) in [5.41, 5.74) is 0.798. The molecule has 4 aromatic rings. The van der Waals surface area contributed by atoms with Crippen LogP contribution >= 0.6 is 0 Å². The maximum atomic E-state index is 13.6. The van der Waals surface area contributed by atoms with Gasteiger partial charge in [0.15, 0.2) is 0 Å². The van der Waals surface area contributed by atoms with Crippen molar-refractivity contribution >= 4 is 9.84 Å². The average Bonchev–Trinajstić information content (AvgIpc) is 3.40. The lowest BCUT2D eigenvalue weighted by atomic mass is 10.1. The molecule has 0 aliphatic rings. The smallest absolute Gasteiger partial charge is 0.290 e. The number of alkyl halides is 3. The molecule has 0 saturated heterocycles. The number of nitrogens with zero attached hydrogens (tertiary/aromatic N) is 5. The second-order valence-electron chi connectivity index (χ2n) is 8.52. The van der Waals surface area contributed by atoms with E-state index in [9.17, 15) is 26.4 Å². The second kappa shape index (κ2) is 9.74. The molecule has 0 atom stereocenters. The zero-order valence-corrected chi connectivity index (χ0v) is 20.7. The second-order valence-corrected chi connectivity index (χ2v) is 10.8. The van der Waals surface area contributed by atoms with Crippen molar-refractivity contribution in [3.63, 3.8) is 0 Å². The van der Waals surface area contributed by atoms with Crippen LogP contribution in [-0.4, -0.2) is 39.3 Å². The van der Waals surface area contributed by atoms with E-state index in [2.05, 4.69) is 5.10 Å². The van der Waals surface area contributed by atoms with E-state index in [4.69, 9.17) is 5.26 Å². The molecular formula is C25H22F3N5O3S. The quantitative estimate of drug-likeness (QED) is 0.358. The minimum absolute atomic E-state index is 0.0204. The van der Waals surface area contributed by atoms with Crippen LogP contribution in [-0.2, 0) is 22.6 Å². The van der Waals surface area contributed by atoms with E-state index in [0.717, 1.165) is 18.4 Å². The first kappa shape index (κ1) is 26.0. The van der Waals surface area contributed by atoms with Crippen LogP contribution in [0.3, 0.4) is 0 Å². The van der Waals surface area contributed by atoms with Gasteiger partial charge in [0.25, 0.3) is 0 Å². The first-order valence-corrected chi connectivity index (χ1v) is 13.2. The molecule has 0 spiro atoms. The predicted molar refractivity (Wildman–Crippen MR) is 131 cm³/mol. The largest absolute Gasteiger partial charge is 0.416 e. The molecule has 0 bridgehead atoms. The molecule has 0 unspecified atom stereocenters. The lowest BCUT2D eigenvalue weighted by Crippen LogP contribution is -2.25. The van der Waals surface area contributed by atoms with Crippen LogP contribution in [0.1, 0.15) is 23.2 Å². The monoisotopic (exact) mass is 529 g/mol. The van der Waals surface area contributed by atoms with Crippen LogP contribution in [0.25, 0.3) is 22.8 Å². The Bertz CT molecular complexity index is 1660. The summed E-state index contributed by atoms with van der Waals surface area (Å²) in [5, 5.41) is 13.4. The van der Waals surface area contributed by atoms with E-state index in [0.29, 0.717) is 28.3 Å². The molecule has 37 heavy (non-hydrogen) atoms. The van der Waals surface area contributed by atoms with E-state index < -0.39 is 27.3 Å². The van der Waals surface area contributed by atoms with E-state index in [1.54, 1.807) is 41.9 Å². The van der Waals surface area contributed by atoms with Gasteiger partial charge in [-0.25, -0.2) is 17.9 Å². The molecule has 192 valence electrons. The molecule has 0 N–H and O–H groups in total. The normalized spacial score (nSPS) is 12.0. The Labute approximate surface area is 210 Å². The molecule has 4 rings (SSSR count). The predicted octanol–water partition coefficient (Wildman–Crippen LogP) is 4.13. The maximum Gasteiger partial charge on any atom is 0.416 e. The maximum absolute atomic E-state index is 13.6. The summed E-state index contributed by atoms with van der Waals surface area (Å²) < 4.78 is 67.6. The molecule has 0 aliphatic heterocycles. The molecule has 0 saturated carbocycles. The molecule has 2 aromatic carbocycles. The summed E-state index contributed by atoms with van der Waals surface area (Å²) >= 11 is 0. The number of halogens is 3. The SMILES string of the molecule is Cc1c(-c2ccnn2-c2ccc(C#N)cc2)n(CCCS(C)(=O)=O)c(=O)n1-c1cccc(C(F)(F)F)c1. The van der Waals surface area contributed by atoms with Gasteiger partial charge in [-0.1, -0.05) is 6.07 Å². The van der Waals surface area contributed by atoms with Gasteiger partial charge in [0, 0.05) is 12.8 Å². The fraction of sp³-hybridized carbons (Fsp3) is 0.240. The van der Waals surface area contributed by atoms with Crippen molar-refractivity contribution in [1.29, 1.82) is 5.26 Å². The Morgan fingerprint density at radius 3 is 2.38 bits per heavy atom. The van der Waals surface area contributed by atoms with E-state index in [1.807, 2.05) is 6.07 Å². The van der Waals surface area contributed by atoms with Gasteiger partial charge in [-0.2, -0.15) is 23.5 Å². The standard InChI is InChI=1S/C25H22F3N5O3S/c1-17-23(22-11-12-30-33(22)20-9-7-18(16-29)8-10-20)31(13-4-14-37(2,35)36)24(34)32(17)21-6-3-5-19(15-21)25(26,27)28/h3,5-12,15H,4,13-14H2,1-2H3. The van der Waals surface area contributed by atoms with Gasteiger partial charge in [-0.15, -0.1) is 0 Å². The van der Waals surface area contributed by atoms with Crippen LogP contribution in [0.4, 0.5) is 13.2 Å². The number of aromatic nitrogens is 4. The zero-order valence-electron chi connectivity index (χ0n) is 19.9. The third-order valence-corrected chi connectivity index (χ3v) is 6.86. The van der Waals surface area contributed by atoms with E-state index >= 15 is 0 Å². The number of benzene rings is 2. The van der Waals surface area contributed by atoms with Gasteiger partial charge in [0.1, 0.15) is 9.84 Å². The first-order chi connectivity index (χ1) is 17.4. The fourth-order valence-electron chi connectivity index (χ4n) is 4.17. The first-order valence-electron chi connectivity index (χ1n) is 11.1. The zero-order chi connectivity index (χ0) is 27.0. The van der Waals surface area contributed by atoms with Gasteiger partial charge in [0.2, 0.25) is 0 Å². The van der Waals surface area contributed by atoms with Gasteiger partial charge < -0.3 is 0 Å². The Balaban J connectivity index is 1.91. The number of hydrogen-bond acceptors (Lipinski definition) is 5. The molecule has 2 heterocycles. The molecule has 2 aromatic heterocycles. The Hall–Kier alpha value is -4.11. The molecule has 0 fully saturated rings. The fourth-order valence-corrected chi connectivity index (χ4v) is 4.82. The molecule has 0 amide bonds. The number of rotatable bonds is 7. The summed E-state index contributed by atoms with van der Waals surface area (Å²) in [5.74, 6) is -0.165. The van der Waals surface area contributed by atoms with Crippen LogP contribution in [0, 0.1) is 18.3 Å². The minimum atomic E-state index is -4.59. The highest BCUT2D eigenvalue weighted by Gasteiger charge is 2.31. The van der Waals surface area contributed by atoms with Crippen LogP contribution in [0.2, 0.25) is 0 Å². The Kier molecular flexibility index (Phi) is 6.84. The summed E-state index contributed by atoms with van der Waals surface area (Å²) in [6.07, 6.45) is -1.86. The van der Waals surface area contributed by atoms with Crippen molar-refractivity contribution in [2.75, 3.05) is 12.0 Å². The summed E-state index contributed by atoms with van der Waals surface area (Å²) in [6, 6.07) is 14.7. The molecule has 8 nitrogen and oxygen atoms in total. The third-order valence-electron chi connectivity index (χ3n) is 5.83. The average molecular weight is 530 g/mol. The lowest BCUT2D eigenvalue weighted by molar-refractivity contribution is -0.137. The van der Waals surface area contributed by atoms with Gasteiger partial charge in [-0.3, -0.25) is 9.13 Å². The number of nitriles is 1. The van der Waals surface area contributed by atoms with Crippen molar-refractivity contribution < 1.29 is 21.6 Å². The number of sulfone groups is 1. The van der Waals surface area contributed by atoms with Gasteiger partial charge in [0.05, 0.1) is 57.6 Å². The molecule has 0 aliphatic carbocycles. The highest BCUT2D eigenvalue weighted by molar-refractivity contribution is 7.90. The molecule has 0 radical (unpaired) electrons. The van der Waals surface area contributed by atoms with Gasteiger partial charge in [-0.05, 0) is 61.9 Å². The third kappa shape index (κ3) is 5.36. The van der Waals surface area contributed by atoms with Crippen molar-refractivity contribution in [1.82, 2.24) is 18.9 Å². The summed E-state index contributed by atoms with van der Waals surface area (Å²) in [7, 11) is -3.30. The highest BCUT2D eigenvalue weighted by atomic mass is 32.2. The molecular weight excluding hydrogens is 507 g/mol. The van der Waals surface area contributed by atoms with Crippen molar-refractivity contribution in [3.05, 3.63) is 88.1 Å². The van der Waals surface area contributed by atoms with Crippen LogP contribution < -0.4 is 5.69 Å². The summed E-state index contributed by atoms with van der Waals surface area (Å²) in [6.45, 7) is 1.63. The number of imidazole rings is 1. The van der Waals surface area contributed by atoms with Crippen molar-refractivity contribution in [2.24, 2.45) is 0 Å². The van der Waals surface area contributed by atoms with Crippen molar-refractivity contribution in [3.8, 4) is 28.8 Å². The highest BCUT2D eigenvalue weighted by Crippen LogP contribution is 2.32. The van der Waals surface area contributed by atoms with E-state index in [-0.39, 0.29) is 24.4 Å². The van der Waals surface area contributed by atoms with Crippen LogP contribution in [0.15, 0.2) is 65.6 Å². The number of hydrogen-bond donors (Lipinski definition) is 0. The van der Waals surface area contributed by atoms with Crippen LogP contribution in [0.5, 0.6) is 0 Å². The van der Waals surface area contributed by atoms with Gasteiger partial charge >= 0.3 is 11.9 Å².